The molecule has 0 unspecified atom stereocenters. The van der Waals surface area contributed by atoms with E-state index in [0.717, 1.165) is 45.1 Å². The largest absolute Gasteiger partial charge is 0.379 e. The van der Waals surface area contributed by atoms with E-state index in [1.807, 2.05) is 6.92 Å². The van der Waals surface area contributed by atoms with Crippen molar-refractivity contribution in [1.82, 2.24) is 25.4 Å². The molecule has 2 N–H and O–H groups in total. The summed E-state index contributed by atoms with van der Waals surface area (Å²) in [5.74, 6) is 0.723. The lowest BCUT2D eigenvalue weighted by molar-refractivity contribution is 0.0383. The van der Waals surface area contributed by atoms with Crippen LogP contribution in [0.15, 0.2) is 0 Å². The Morgan fingerprint density at radius 2 is 2.28 bits per heavy atom. The van der Waals surface area contributed by atoms with Gasteiger partial charge in [0.2, 0.25) is 5.82 Å². The first-order valence-electron chi connectivity index (χ1n) is 6.29. The van der Waals surface area contributed by atoms with E-state index in [4.69, 9.17) is 4.74 Å². The third kappa shape index (κ3) is 3.51. The number of aromatic amines is 1. The molecule has 18 heavy (non-hydrogen) atoms. The summed E-state index contributed by atoms with van der Waals surface area (Å²) >= 11 is 0. The van der Waals surface area contributed by atoms with Crippen LogP contribution in [-0.4, -0.2) is 65.4 Å². The van der Waals surface area contributed by atoms with Gasteiger partial charge in [-0.3, -0.25) is 14.8 Å². The Labute approximate surface area is 106 Å². The number of hydrogen-bond donors (Lipinski definition) is 2. The van der Waals surface area contributed by atoms with E-state index in [-0.39, 0.29) is 11.7 Å². The van der Waals surface area contributed by atoms with Crippen molar-refractivity contribution in [2.24, 2.45) is 0 Å². The Morgan fingerprint density at radius 3 is 2.94 bits per heavy atom. The molecule has 1 aromatic heterocycles. The Hall–Kier alpha value is -1.47. The highest BCUT2D eigenvalue weighted by molar-refractivity contribution is 5.90. The van der Waals surface area contributed by atoms with Gasteiger partial charge in [0, 0.05) is 32.6 Å². The number of H-pyrrole nitrogens is 1. The number of aryl methyl sites for hydroxylation is 1. The van der Waals surface area contributed by atoms with Gasteiger partial charge >= 0.3 is 0 Å². The summed E-state index contributed by atoms with van der Waals surface area (Å²) in [5, 5.41) is 9.42. The van der Waals surface area contributed by atoms with Crippen molar-refractivity contribution in [2.45, 2.75) is 13.3 Å². The molecule has 1 amide bonds. The maximum absolute atomic E-state index is 11.7. The second-order valence-corrected chi connectivity index (χ2v) is 4.17. The summed E-state index contributed by atoms with van der Waals surface area (Å²) < 4.78 is 5.26. The Bertz CT molecular complexity index is 387. The van der Waals surface area contributed by atoms with Crippen LogP contribution in [0.4, 0.5) is 0 Å². The van der Waals surface area contributed by atoms with E-state index in [1.54, 1.807) is 0 Å². The normalized spacial score (nSPS) is 16.7. The average molecular weight is 253 g/mol. The number of morpholine rings is 1. The number of nitrogens with zero attached hydrogens (tertiary/aromatic N) is 3. The monoisotopic (exact) mass is 253 g/mol. The van der Waals surface area contributed by atoms with E-state index in [2.05, 4.69) is 25.4 Å². The molecule has 2 heterocycles. The van der Waals surface area contributed by atoms with Crippen molar-refractivity contribution in [2.75, 3.05) is 39.4 Å². The molecule has 0 aromatic carbocycles. The number of rotatable bonds is 5. The van der Waals surface area contributed by atoms with Gasteiger partial charge in [0.15, 0.2) is 0 Å². The van der Waals surface area contributed by atoms with Gasteiger partial charge in [0.25, 0.3) is 5.91 Å². The van der Waals surface area contributed by atoms with Crippen molar-refractivity contribution in [3.05, 3.63) is 11.6 Å². The van der Waals surface area contributed by atoms with Crippen LogP contribution < -0.4 is 5.32 Å². The zero-order chi connectivity index (χ0) is 12.8. The van der Waals surface area contributed by atoms with Crippen LogP contribution >= 0.6 is 0 Å². The molecule has 1 aromatic rings. The minimum atomic E-state index is -0.223. The van der Waals surface area contributed by atoms with Crippen molar-refractivity contribution < 1.29 is 9.53 Å². The van der Waals surface area contributed by atoms with Crippen LogP contribution in [0, 0.1) is 0 Å². The fourth-order valence-corrected chi connectivity index (χ4v) is 1.79. The highest BCUT2D eigenvalue weighted by atomic mass is 16.5. The van der Waals surface area contributed by atoms with E-state index < -0.39 is 0 Å². The predicted molar refractivity (Wildman–Crippen MR) is 65.4 cm³/mol. The molecule has 1 aliphatic rings. The lowest BCUT2D eigenvalue weighted by atomic mass is 10.4. The standard InChI is InChI=1S/C11H19N5O2/c1-2-9-13-10(15-14-9)11(17)12-3-4-16-5-7-18-8-6-16/h2-8H2,1H3,(H,12,17)(H,13,14,15). The second-order valence-electron chi connectivity index (χ2n) is 4.17. The topological polar surface area (TPSA) is 83.1 Å². The van der Waals surface area contributed by atoms with E-state index >= 15 is 0 Å². The number of carbonyl (C=O) groups excluding carboxylic acids is 1. The molecule has 0 radical (unpaired) electrons. The number of nitrogens with one attached hydrogen (secondary N) is 2. The zero-order valence-corrected chi connectivity index (χ0v) is 10.6. The summed E-state index contributed by atoms with van der Waals surface area (Å²) in [4.78, 5) is 18.1. The van der Waals surface area contributed by atoms with Crippen molar-refractivity contribution >= 4 is 5.91 Å². The molecule has 1 fully saturated rings. The van der Waals surface area contributed by atoms with E-state index in [1.165, 1.54) is 0 Å². The molecule has 0 atom stereocenters. The van der Waals surface area contributed by atoms with Crippen LogP contribution in [-0.2, 0) is 11.2 Å². The molecule has 0 saturated carbocycles. The third-order valence-corrected chi connectivity index (χ3v) is 2.89. The number of ether oxygens (including phenoxy) is 1. The van der Waals surface area contributed by atoms with Gasteiger partial charge in [-0.1, -0.05) is 6.92 Å². The van der Waals surface area contributed by atoms with Gasteiger partial charge in [-0.2, -0.15) is 0 Å². The van der Waals surface area contributed by atoms with E-state index in [0.29, 0.717) is 6.54 Å². The van der Waals surface area contributed by atoms with Gasteiger partial charge in [-0.05, 0) is 0 Å². The minimum absolute atomic E-state index is 0.217. The van der Waals surface area contributed by atoms with Crippen LogP contribution in [0.5, 0.6) is 0 Å². The first-order chi connectivity index (χ1) is 8.79. The maximum atomic E-state index is 11.7. The van der Waals surface area contributed by atoms with Gasteiger partial charge < -0.3 is 10.1 Å². The van der Waals surface area contributed by atoms with Crippen molar-refractivity contribution in [3.8, 4) is 0 Å². The molecule has 1 aliphatic heterocycles. The number of hydrogen-bond acceptors (Lipinski definition) is 5. The molecule has 1 saturated heterocycles. The smallest absolute Gasteiger partial charge is 0.291 e. The highest BCUT2D eigenvalue weighted by Crippen LogP contribution is 1.96. The maximum Gasteiger partial charge on any atom is 0.291 e. The molecule has 2 rings (SSSR count). The lowest BCUT2D eigenvalue weighted by Gasteiger charge is -2.26. The molecule has 7 nitrogen and oxygen atoms in total. The average Bonchev–Trinajstić information content (AvgIpc) is 2.89. The summed E-state index contributed by atoms with van der Waals surface area (Å²) in [6, 6.07) is 0. The summed E-state index contributed by atoms with van der Waals surface area (Å²) in [6.45, 7) is 6.80. The summed E-state index contributed by atoms with van der Waals surface area (Å²) in [5.41, 5.74) is 0. The second kappa shape index (κ2) is 6.46. The number of amides is 1. The van der Waals surface area contributed by atoms with Gasteiger partial charge in [0.05, 0.1) is 13.2 Å². The molecule has 100 valence electrons. The fourth-order valence-electron chi connectivity index (χ4n) is 1.79. The quantitative estimate of drug-likeness (QED) is 0.734. The third-order valence-electron chi connectivity index (χ3n) is 2.89. The molecule has 0 aliphatic carbocycles. The molecule has 0 spiro atoms. The van der Waals surface area contributed by atoms with Crippen molar-refractivity contribution in [3.63, 3.8) is 0 Å². The molecule has 7 heteroatoms. The zero-order valence-electron chi connectivity index (χ0n) is 10.6. The van der Waals surface area contributed by atoms with E-state index in [9.17, 15) is 4.79 Å². The fraction of sp³-hybridized carbons (Fsp3) is 0.727. The lowest BCUT2D eigenvalue weighted by Crippen LogP contribution is -2.41. The van der Waals surface area contributed by atoms with Gasteiger partial charge in [0.1, 0.15) is 5.82 Å². The molecule has 0 bridgehead atoms. The minimum Gasteiger partial charge on any atom is -0.379 e. The predicted octanol–water partition coefficient (Wildman–Crippen LogP) is -0.571. The van der Waals surface area contributed by atoms with Gasteiger partial charge in [-0.15, -0.1) is 5.10 Å². The molecular weight excluding hydrogens is 234 g/mol. The highest BCUT2D eigenvalue weighted by Gasteiger charge is 2.13. The first-order valence-corrected chi connectivity index (χ1v) is 6.29. The van der Waals surface area contributed by atoms with Crippen LogP contribution in [0.1, 0.15) is 23.4 Å². The number of carbonyl (C=O) groups is 1. The first kappa shape index (κ1) is 13.0. The Morgan fingerprint density at radius 1 is 1.50 bits per heavy atom. The SMILES string of the molecule is CCc1nc(C(=O)NCCN2CCOCC2)n[nH]1. The summed E-state index contributed by atoms with van der Waals surface area (Å²) in [7, 11) is 0. The molecular formula is C11H19N5O2. The van der Waals surface area contributed by atoms with Crippen molar-refractivity contribution in [1.29, 1.82) is 0 Å². The van der Waals surface area contributed by atoms with Gasteiger partial charge in [-0.25, -0.2) is 4.98 Å². The van der Waals surface area contributed by atoms with Crippen LogP contribution in [0.25, 0.3) is 0 Å². The Balaban J connectivity index is 1.70. The summed E-state index contributed by atoms with van der Waals surface area (Å²) in [6.07, 6.45) is 0.744. The van der Waals surface area contributed by atoms with Crippen LogP contribution in [0.3, 0.4) is 0 Å². The van der Waals surface area contributed by atoms with Crippen LogP contribution in [0.2, 0.25) is 0 Å². The number of aromatic nitrogens is 3. The Kier molecular flexibility index (Phi) is 4.66.